The Morgan fingerprint density at radius 2 is 1.96 bits per heavy atom. The Labute approximate surface area is 146 Å². The maximum Gasteiger partial charge on any atom is 0.326 e. The minimum Gasteiger partial charge on any atom is -0.481 e. The number of aliphatic hydroxyl groups is 1. The standard InChI is InChI=1S/C15H15Cl2NO6/c16-6-1-2-7(17)5(3-6)4-24-12-11(19)8-9(13(20)21)10(8)15(12,18)14(22)23/h1-3,8-12,19H,4,18H2,(H,20,21)(H,22,23)/t8-,9-,10-,11+,12+,15+/m0/s1. The van der Waals surface area contributed by atoms with Crippen LogP contribution in [0.1, 0.15) is 5.56 Å². The van der Waals surface area contributed by atoms with Crippen LogP contribution >= 0.6 is 23.2 Å². The average Bonchev–Trinajstić information content (AvgIpc) is 3.21. The Morgan fingerprint density at radius 1 is 1.29 bits per heavy atom. The predicted octanol–water partition coefficient (Wildman–Crippen LogP) is 0.982. The fourth-order valence-electron chi connectivity index (χ4n) is 3.70. The quantitative estimate of drug-likeness (QED) is 0.603. The van der Waals surface area contributed by atoms with Gasteiger partial charge in [0.25, 0.3) is 0 Å². The number of ether oxygens (including phenoxy) is 1. The van der Waals surface area contributed by atoms with Crippen LogP contribution in [0.5, 0.6) is 0 Å². The minimum absolute atomic E-state index is 0.107. The van der Waals surface area contributed by atoms with Gasteiger partial charge in [0.15, 0.2) is 0 Å². The number of aliphatic carboxylic acids is 2. The van der Waals surface area contributed by atoms with E-state index >= 15 is 0 Å². The van der Waals surface area contributed by atoms with E-state index in [1.165, 1.54) is 0 Å². The summed E-state index contributed by atoms with van der Waals surface area (Å²) >= 11 is 11.9. The second kappa shape index (κ2) is 5.86. The van der Waals surface area contributed by atoms with E-state index in [2.05, 4.69) is 0 Å². The number of hydrogen-bond donors (Lipinski definition) is 4. The van der Waals surface area contributed by atoms with Crippen molar-refractivity contribution >= 4 is 35.1 Å². The molecule has 2 aliphatic carbocycles. The first kappa shape index (κ1) is 17.4. The van der Waals surface area contributed by atoms with Crippen LogP contribution in [0, 0.1) is 17.8 Å². The predicted molar refractivity (Wildman–Crippen MR) is 83.7 cm³/mol. The molecule has 0 unspecified atom stereocenters. The molecule has 0 bridgehead atoms. The summed E-state index contributed by atoms with van der Waals surface area (Å²) in [4.78, 5) is 22.8. The second-order valence-electron chi connectivity index (χ2n) is 6.16. The SMILES string of the molecule is N[C@]1(C(=O)O)[C@@H]2[C@@H](C(=O)O)[C@@H]2[C@@H](O)[C@H]1OCc1cc(Cl)ccc1Cl. The Morgan fingerprint density at radius 3 is 2.54 bits per heavy atom. The zero-order valence-electron chi connectivity index (χ0n) is 12.2. The third-order valence-corrected chi connectivity index (χ3v) is 5.49. The normalized spacial score (nSPS) is 37.1. The summed E-state index contributed by atoms with van der Waals surface area (Å²) in [5.41, 5.74) is 4.51. The zero-order chi connectivity index (χ0) is 17.8. The molecule has 2 saturated carbocycles. The number of fused-ring (bicyclic) bond motifs is 1. The first-order valence-electron chi connectivity index (χ1n) is 7.18. The first-order chi connectivity index (χ1) is 11.2. The molecule has 0 heterocycles. The van der Waals surface area contributed by atoms with Gasteiger partial charge >= 0.3 is 11.9 Å². The van der Waals surface area contributed by atoms with Gasteiger partial charge in [0.05, 0.1) is 18.6 Å². The van der Waals surface area contributed by atoms with Crippen molar-refractivity contribution in [1.82, 2.24) is 0 Å². The molecule has 0 saturated heterocycles. The third kappa shape index (κ3) is 2.48. The molecule has 1 aromatic rings. The minimum atomic E-state index is -1.97. The lowest BCUT2D eigenvalue weighted by atomic mass is 9.88. The molecule has 0 radical (unpaired) electrons. The van der Waals surface area contributed by atoms with E-state index in [1.54, 1.807) is 18.2 Å². The van der Waals surface area contributed by atoms with Crippen LogP contribution in [0.2, 0.25) is 10.0 Å². The Kier molecular flexibility index (Phi) is 4.26. The van der Waals surface area contributed by atoms with Crippen molar-refractivity contribution in [2.45, 2.75) is 24.4 Å². The summed E-state index contributed by atoms with van der Waals surface area (Å²) in [5.74, 6) is -5.15. The van der Waals surface area contributed by atoms with Gasteiger partial charge in [-0.15, -0.1) is 0 Å². The van der Waals surface area contributed by atoms with E-state index < -0.39 is 47.4 Å². The van der Waals surface area contributed by atoms with Crippen molar-refractivity contribution in [2.75, 3.05) is 0 Å². The molecule has 24 heavy (non-hydrogen) atoms. The van der Waals surface area contributed by atoms with Crippen LogP contribution in [0.3, 0.4) is 0 Å². The number of carboxylic acid groups (broad SMARTS) is 2. The summed E-state index contributed by atoms with van der Waals surface area (Å²) in [5, 5.41) is 29.7. The number of carbonyl (C=O) groups is 2. The highest BCUT2D eigenvalue weighted by Gasteiger charge is 2.78. The topological polar surface area (TPSA) is 130 Å². The molecule has 0 spiro atoms. The van der Waals surface area contributed by atoms with E-state index in [4.69, 9.17) is 38.8 Å². The monoisotopic (exact) mass is 375 g/mol. The van der Waals surface area contributed by atoms with Gasteiger partial charge in [0.2, 0.25) is 0 Å². The molecule has 2 aliphatic rings. The molecule has 3 rings (SSSR count). The first-order valence-corrected chi connectivity index (χ1v) is 7.93. The maximum atomic E-state index is 11.7. The summed E-state index contributed by atoms with van der Waals surface area (Å²) in [6.45, 7) is -0.107. The fourth-order valence-corrected chi connectivity index (χ4v) is 4.07. The lowest BCUT2D eigenvalue weighted by Gasteiger charge is -2.32. The molecule has 1 aromatic carbocycles. The largest absolute Gasteiger partial charge is 0.481 e. The highest BCUT2D eigenvalue weighted by molar-refractivity contribution is 6.33. The number of aliphatic hydroxyl groups excluding tert-OH is 1. The molecular formula is C15H15Cl2NO6. The molecule has 0 aromatic heterocycles. The highest BCUT2D eigenvalue weighted by Crippen LogP contribution is 2.62. The van der Waals surface area contributed by atoms with Crippen LogP contribution in [0.25, 0.3) is 0 Å². The molecule has 5 N–H and O–H groups in total. The van der Waals surface area contributed by atoms with Gasteiger partial charge in [-0.1, -0.05) is 23.2 Å². The van der Waals surface area contributed by atoms with Crippen LogP contribution in [0.4, 0.5) is 0 Å². The van der Waals surface area contributed by atoms with Crippen molar-refractivity contribution in [2.24, 2.45) is 23.5 Å². The molecule has 2 fully saturated rings. The number of rotatable bonds is 5. The van der Waals surface area contributed by atoms with Crippen molar-refractivity contribution in [3.05, 3.63) is 33.8 Å². The van der Waals surface area contributed by atoms with Crippen molar-refractivity contribution in [3.63, 3.8) is 0 Å². The molecule has 0 amide bonds. The molecule has 130 valence electrons. The van der Waals surface area contributed by atoms with E-state index in [9.17, 15) is 19.8 Å². The second-order valence-corrected chi connectivity index (χ2v) is 7.01. The number of benzene rings is 1. The van der Waals surface area contributed by atoms with E-state index in [-0.39, 0.29) is 6.61 Å². The highest BCUT2D eigenvalue weighted by atomic mass is 35.5. The Balaban J connectivity index is 1.82. The summed E-state index contributed by atoms with van der Waals surface area (Å²) < 4.78 is 5.55. The van der Waals surface area contributed by atoms with Gasteiger partial charge in [0.1, 0.15) is 11.6 Å². The Bertz CT molecular complexity index is 713. The van der Waals surface area contributed by atoms with Gasteiger partial charge < -0.3 is 25.8 Å². The fraction of sp³-hybridized carbons (Fsp3) is 0.467. The van der Waals surface area contributed by atoms with Gasteiger partial charge in [-0.2, -0.15) is 0 Å². The smallest absolute Gasteiger partial charge is 0.326 e. The molecular weight excluding hydrogens is 361 g/mol. The molecule has 9 heteroatoms. The van der Waals surface area contributed by atoms with Gasteiger partial charge in [-0.25, -0.2) is 0 Å². The van der Waals surface area contributed by atoms with Crippen LogP contribution in [-0.4, -0.2) is 45.0 Å². The van der Waals surface area contributed by atoms with E-state index in [1.807, 2.05) is 0 Å². The lowest BCUT2D eigenvalue weighted by Crippen LogP contribution is -2.61. The molecule has 0 aliphatic heterocycles. The number of halogens is 2. The van der Waals surface area contributed by atoms with Crippen molar-refractivity contribution < 1.29 is 29.6 Å². The van der Waals surface area contributed by atoms with Crippen LogP contribution < -0.4 is 5.73 Å². The van der Waals surface area contributed by atoms with Gasteiger partial charge in [-0.3, -0.25) is 9.59 Å². The Hall–Kier alpha value is -1.38. The van der Waals surface area contributed by atoms with Crippen molar-refractivity contribution in [3.8, 4) is 0 Å². The van der Waals surface area contributed by atoms with E-state index in [0.717, 1.165) is 0 Å². The van der Waals surface area contributed by atoms with Gasteiger partial charge in [0, 0.05) is 21.9 Å². The molecule has 7 nitrogen and oxygen atoms in total. The summed E-state index contributed by atoms with van der Waals surface area (Å²) in [7, 11) is 0. The maximum absolute atomic E-state index is 11.7. The van der Waals surface area contributed by atoms with Gasteiger partial charge in [-0.05, 0) is 23.8 Å². The number of nitrogens with two attached hydrogens (primary N) is 1. The van der Waals surface area contributed by atoms with Crippen LogP contribution in [-0.2, 0) is 20.9 Å². The van der Waals surface area contributed by atoms with E-state index in [0.29, 0.717) is 15.6 Å². The third-order valence-electron chi connectivity index (χ3n) is 4.88. The number of carboxylic acids is 2. The summed E-state index contributed by atoms with van der Waals surface area (Å²) in [6, 6.07) is 4.72. The lowest BCUT2D eigenvalue weighted by molar-refractivity contribution is -0.157. The van der Waals surface area contributed by atoms with Crippen molar-refractivity contribution in [1.29, 1.82) is 0 Å². The van der Waals surface area contributed by atoms with Crippen LogP contribution in [0.15, 0.2) is 18.2 Å². The number of hydrogen-bond acceptors (Lipinski definition) is 5. The zero-order valence-corrected chi connectivity index (χ0v) is 13.7. The molecule has 6 atom stereocenters. The average molecular weight is 376 g/mol. The summed E-state index contributed by atoms with van der Waals surface area (Å²) in [6.07, 6.45) is -2.52.